The number of nitrogens with zero attached hydrogens (tertiary/aromatic N) is 1. The molecule has 0 unspecified atom stereocenters. The van der Waals surface area contributed by atoms with Gasteiger partial charge in [-0.15, -0.1) is 0 Å². The van der Waals surface area contributed by atoms with Crippen molar-refractivity contribution in [2.75, 3.05) is 13.1 Å². The van der Waals surface area contributed by atoms with Gasteiger partial charge in [-0.1, -0.05) is 88.2 Å². The van der Waals surface area contributed by atoms with Crippen molar-refractivity contribution in [3.8, 4) is 0 Å². The van der Waals surface area contributed by atoms with E-state index in [2.05, 4.69) is 36.5 Å². The monoisotopic (exact) mass is 408 g/mol. The van der Waals surface area contributed by atoms with Crippen LogP contribution in [0.15, 0.2) is 81.7 Å². The molecule has 0 spiro atoms. The molecular weight excluding hydrogens is 376 g/mol. The number of ketones is 1. The van der Waals surface area contributed by atoms with E-state index in [-0.39, 0.29) is 5.78 Å². The van der Waals surface area contributed by atoms with Crippen LogP contribution >= 0.6 is 11.8 Å². The first-order valence-electron chi connectivity index (χ1n) is 10.4. The zero-order valence-corrected chi connectivity index (χ0v) is 18.3. The van der Waals surface area contributed by atoms with Gasteiger partial charge < -0.3 is 5.32 Å². The maximum absolute atomic E-state index is 12.3. The summed E-state index contributed by atoms with van der Waals surface area (Å²) in [6.07, 6.45) is 14.8. The number of Topliss-reactive ketones (excluding diaryl/α,β-unsaturated/α-hetero) is 1. The number of fused-ring (bicyclic) bond motifs is 1. The molecule has 0 aliphatic carbocycles. The number of hydrogen-bond donors (Lipinski definition) is 1. The van der Waals surface area contributed by atoms with Gasteiger partial charge in [0.1, 0.15) is 0 Å². The summed E-state index contributed by atoms with van der Waals surface area (Å²) in [5.41, 5.74) is 2.37. The minimum atomic E-state index is 0.0236. The molecule has 1 N–H and O–H groups in total. The van der Waals surface area contributed by atoms with E-state index in [1.54, 1.807) is 23.9 Å². The van der Waals surface area contributed by atoms with Crippen molar-refractivity contribution in [1.82, 2.24) is 5.32 Å². The zero-order chi connectivity index (χ0) is 20.9. The van der Waals surface area contributed by atoms with E-state index in [0.717, 1.165) is 34.0 Å². The quantitative estimate of drug-likeness (QED) is 0.239. The molecule has 154 valence electrons. The molecule has 3 nitrogen and oxygen atoms in total. The van der Waals surface area contributed by atoms with E-state index >= 15 is 0 Å². The van der Waals surface area contributed by atoms with Gasteiger partial charge in [0.25, 0.3) is 0 Å². The highest BCUT2D eigenvalue weighted by Crippen LogP contribution is 2.35. The molecule has 0 atom stereocenters. The summed E-state index contributed by atoms with van der Waals surface area (Å²) in [7, 11) is 0. The highest BCUT2D eigenvalue weighted by molar-refractivity contribution is 8.03. The van der Waals surface area contributed by atoms with Gasteiger partial charge in [-0.05, 0) is 31.2 Å². The van der Waals surface area contributed by atoms with Crippen LogP contribution in [0.2, 0.25) is 0 Å². The molecule has 1 heterocycles. The van der Waals surface area contributed by atoms with Crippen molar-refractivity contribution in [1.29, 1.82) is 0 Å². The highest BCUT2D eigenvalue weighted by atomic mass is 32.2. The summed E-state index contributed by atoms with van der Waals surface area (Å²) in [6, 6.07) is 8.12. The molecule has 0 bridgehead atoms. The largest absolute Gasteiger partial charge is 0.310 e. The van der Waals surface area contributed by atoms with Gasteiger partial charge >= 0.3 is 0 Å². The third kappa shape index (κ3) is 8.00. The number of unbranched alkanes of at least 4 members (excludes halogenated alkanes) is 5. The van der Waals surface area contributed by atoms with Crippen molar-refractivity contribution in [2.45, 2.75) is 50.3 Å². The van der Waals surface area contributed by atoms with Crippen LogP contribution in [0.3, 0.4) is 0 Å². The molecular formula is C25H32N2OS. The van der Waals surface area contributed by atoms with Crippen LogP contribution in [0.1, 0.15) is 51.0 Å². The fourth-order valence-corrected chi connectivity index (χ4v) is 3.94. The average Bonchev–Trinajstić information content (AvgIpc) is 2.92. The summed E-state index contributed by atoms with van der Waals surface area (Å²) in [5.74, 6) is 0.0236. The lowest BCUT2D eigenvalue weighted by molar-refractivity contribution is -0.114. The Balaban J connectivity index is 1.82. The summed E-state index contributed by atoms with van der Waals surface area (Å²) < 4.78 is 0. The Morgan fingerprint density at radius 3 is 2.72 bits per heavy atom. The number of carbonyl (C=O) groups excluding carboxylic acids is 1. The molecule has 4 heteroatoms. The van der Waals surface area contributed by atoms with Gasteiger partial charge in [0, 0.05) is 27.2 Å². The standard InChI is InChI=1S/C25H32N2OS/c1-4-6-7-8-9-12-17-26-19-23(28)20(3)15-16-25-22(5-2)27-18-21-13-10-11-14-24(21)29-25/h5,10-11,13-16,18,26H,2-4,6-9,12,17,19H2,1H3/b16-15-. The molecule has 1 aromatic rings. The fourth-order valence-electron chi connectivity index (χ4n) is 2.94. The number of hydrogen-bond acceptors (Lipinski definition) is 4. The predicted molar refractivity (Wildman–Crippen MR) is 127 cm³/mol. The fraction of sp³-hybridized carbons (Fsp3) is 0.360. The van der Waals surface area contributed by atoms with E-state index in [4.69, 9.17) is 0 Å². The minimum absolute atomic E-state index is 0.0236. The second kappa shape index (κ2) is 13.1. The Morgan fingerprint density at radius 1 is 1.17 bits per heavy atom. The van der Waals surface area contributed by atoms with Gasteiger partial charge in [0.2, 0.25) is 0 Å². The number of rotatable bonds is 13. The van der Waals surface area contributed by atoms with Crippen LogP contribution < -0.4 is 5.32 Å². The third-order valence-electron chi connectivity index (χ3n) is 4.71. The third-order valence-corrected chi connectivity index (χ3v) is 5.87. The van der Waals surface area contributed by atoms with Crippen molar-refractivity contribution < 1.29 is 4.79 Å². The summed E-state index contributed by atoms with van der Waals surface area (Å²) >= 11 is 1.63. The lowest BCUT2D eigenvalue weighted by Gasteiger charge is -2.06. The number of carbonyl (C=O) groups is 1. The second-order valence-corrected chi connectivity index (χ2v) is 8.16. The Bertz CT molecular complexity index is 805. The van der Waals surface area contributed by atoms with E-state index in [0.29, 0.717) is 12.1 Å². The maximum atomic E-state index is 12.3. The van der Waals surface area contributed by atoms with Crippen molar-refractivity contribution in [3.05, 3.63) is 77.4 Å². The van der Waals surface area contributed by atoms with Crippen LogP contribution in [0, 0.1) is 0 Å². The molecule has 0 saturated carbocycles. The van der Waals surface area contributed by atoms with E-state index in [9.17, 15) is 4.79 Å². The molecule has 0 aromatic heterocycles. The van der Waals surface area contributed by atoms with Gasteiger partial charge in [-0.3, -0.25) is 9.79 Å². The molecule has 0 amide bonds. The van der Waals surface area contributed by atoms with Crippen LogP contribution in [-0.2, 0) is 4.79 Å². The van der Waals surface area contributed by atoms with Crippen LogP contribution in [0.5, 0.6) is 0 Å². The molecule has 0 radical (unpaired) electrons. The Hall–Kier alpha value is -2.17. The minimum Gasteiger partial charge on any atom is -0.310 e. The Labute approximate surface area is 179 Å². The van der Waals surface area contributed by atoms with Gasteiger partial charge in [-0.2, -0.15) is 0 Å². The van der Waals surface area contributed by atoms with Gasteiger partial charge in [-0.25, -0.2) is 0 Å². The Morgan fingerprint density at radius 2 is 1.93 bits per heavy atom. The average molecular weight is 409 g/mol. The number of thioether (sulfide) groups is 1. The van der Waals surface area contributed by atoms with E-state index in [1.807, 2.05) is 30.5 Å². The van der Waals surface area contributed by atoms with E-state index in [1.165, 1.54) is 32.1 Å². The lowest BCUT2D eigenvalue weighted by Crippen LogP contribution is -2.24. The first kappa shape index (κ1) is 23.1. The smallest absolute Gasteiger partial charge is 0.175 e. The molecule has 1 aromatic carbocycles. The van der Waals surface area contributed by atoms with Crippen molar-refractivity contribution in [2.24, 2.45) is 4.99 Å². The number of allylic oxidation sites excluding steroid dienone is 3. The molecule has 1 aliphatic rings. The topological polar surface area (TPSA) is 41.5 Å². The first-order chi connectivity index (χ1) is 14.2. The molecule has 2 rings (SSSR count). The van der Waals surface area contributed by atoms with Crippen molar-refractivity contribution in [3.63, 3.8) is 0 Å². The van der Waals surface area contributed by atoms with Crippen LogP contribution in [0.4, 0.5) is 0 Å². The molecule has 1 aliphatic heterocycles. The zero-order valence-electron chi connectivity index (χ0n) is 17.5. The summed E-state index contributed by atoms with van der Waals surface area (Å²) in [5, 5.41) is 3.24. The predicted octanol–water partition coefficient (Wildman–Crippen LogP) is 6.24. The number of aliphatic imine (C=N–C) groups is 1. The highest BCUT2D eigenvalue weighted by Gasteiger charge is 2.11. The number of nitrogens with one attached hydrogen (secondary N) is 1. The van der Waals surface area contributed by atoms with Crippen LogP contribution in [-0.4, -0.2) is 25.1 Å². The molecule has 0 fully saturated rings. The second-order valence-electron chi connectivity index (χ2n) is 7.08. The lowest BCUT2D eigenvalue weighted by atomic mass is 10.1. The van der Waals surface area contributed by atoms with Gasteiger partial charge in [0.15, 0.2) is 5.78 Å². The Kier molecular flexibility index (Phi) is 10.5. The maximum Gasteiger partial charge on any atom is 0.175 e. The normalized spacial score (nSPS) is 13.4. The summed E-state index contributed by atoms with van der Waals surface area (Å²) in [4.78, 5) is 18.9. The summed E-state index contributed by atoms with van der Waals surface area (Å²) in [6.45, 7) is 11.2. The first-order valence-corrected chi connectivity index (χ1v) is 11.3. The number of benzene rings is 1. The van der Waals surface area contributed by atoms with Crippen LogP contribution in [0.25, 0.3) is 0 Å². The molecule has 0 saturated heterocycles. The van der Waals surface area contributed by atoms with Gasteiger partial charge in [0.05, 0.1) is 12.2 Å². The van der Waals surface area contributed by atoms with Crippen molar-refractivity contribution >= 4 is 23.8 Å². The SMILES string of the molecule is C=CC1=C(/C=C\C(=C)C(=O)CNCCCCCCCC)Sc2ccccc2C=N1. The van der Waals surface area contributed by atoms with E-state index < -0.39 is 0 Å². The molecule has 29 heavy (non-hydrogen) atoms.